The summed E-state index contributed by atoms with van der Waals surface area (Å²) < 4.78 is 25.4. The van der Waals surface area contributed by atoms with Crippen LogP contribution in [0, 0.1) is 0 Å². The molecule has 1 amide bonds. The number of carbonyl (C=O) groups excluding carboxylic acids is 2. The molecule has 25 heavy (non-hydrogen) atoms. The molecule has 0 fully saturated rings. The number of sulfonamides is 1. The summed E-state index contributed by atoms with van der Waals surface area (Å²) in [7, 11) is -0.972. The highest BCUT2D eigenvalue weighted by atomic mass is 35.5. The van der Waals surface area contributed by atoms with Gasteiger partial charge in [0.15, 0.2) is 0 Å². The van der Waals surface area contributed by atoms with E-state index >= 15 is 0 Å². The van der Waals surface area contributed by atoms with Crippen molar-refractivity contribution >= 4 is 39.2 Å². The first kappa shape index (κ1) is 18.9. The topological polar surface area (TPSA) is 107 Å². The van der Waals surface area contributed by atoms with Crippen LogP contribution in [0.2, 0.25) is 5.02 Å². The highest BCUT2D eigenvalue weighted by molar-refractivity contribution is 7.89. The van der Waals surface area contributed by atoms with Crippen LogP contribution in [0.25, 0.3) is 0 Å². The lowest BCUT2D eigenvalue weighted by Gasteiger charge is -2.15. The molecule has 1 N–H and O–H groups in total. The predicted octanol–water partition coefficient (Wildman–Crippen LogP) is 1.21. The Balaban J connectivity index is 2.41. The van der Waals surface area contributed by atoms with Gasteiger partial charge in [0, 0.05) is 25.2 Å². The van der Waals surface area contributed by atoms with E-state index in [1.807, 2.05) is 0 Å². The van der Waals surface area contributed by atoms with Crippen molar-refractivity contribution in [2.45, 2.75) is 4.90 Å². The minimum Gasteiger partial charge on any atom is -0.545 e. The van der Waals surface area contributed by atoms with Crippen LogP contribution in [-0.2, 0) is 10.0 Å². The number of hydrogen-bond donors (Lipinski definition) is 1. The van der Waals surface area contributed by atoms with Crippen molar-refractivity contribution in [3.05, 3.63) is 58.6 Å². The number of halogens is 1. The minimum absolute atomic E-state index is 0.0442. The zero-order chi connectivity index (χ0) is 18.8. The second-order valence-electron chi connectivity index (χ2n) is 5.22. The van der Waals surface area contributed by atoms with Crippen molar-refractivity contribution in [2.75, 3.05) is 19.4 Å². The lowest BCUT2D eigenvalue weighted by molar-refractivity contribution is -0.255. The maximum absolute atomic E-state index is 12.4. The van der Waals surface area contributed by atoms with E-state index in [4.69, 9.17) is 11.6 Å². The molecule has 2 aromatic carbocycles. The summed E-state index contributed by atoms with van der Waals surface area (Å²) in [4.78, 5) is 23.4. The fourth-order valence-electron chi connectivity index (χ4n) is 2.02. The SMILES string of the molecule is CN(C)S(=O)(=O)c1ccc(Cl)c(NC(=O)c2ccccc2C(=O)[O-])c1. The number of carboxylic acid groups (broad SMARTS) is 1. The van der Waals surface area contributed by atoms with Crippen LogP contribution in [0.3, 0.4) is 0 Å². The molecule has 0 heterocycles. The van der Waals surface area contributed by atoms with Crippen LogP contribution >= 0.6 is 11.6 Å². The van der Waals surface area contributed by atoms with Crippen molar-refractivity contribution in [3.63, 3.8) is 0 Å². The molecule has 132 valence electrons. The highest BCUT2D eigenvalue weighted by Crippen LogP contribution is 2.27. The normalized spacial score (nSPS) is 11.4. The van der Waals surface area contributed by atoms with Gasteiger partial charge in [-0.15, -0.1) is 0 Å². The van der Waals surface area contributed by atoms with E-state index in [1.54, 1.807) is 0 Å². The Morgan fingerprint density at radius 2 is 1.68 bits per heavy atom. The van der Waals surface area contributed by atoms with Crippen LogP contribution < -0.4 is 10.4 Å². The van der Waals surface area contributed by atoms with Crippen LogP contribution in [0.5, 0.6) is 0 Å². The van der Waals surface area contributed by atoms with Crippen molar-refractivity contribution < 1.29 is 23.1 Å². The summed E-state index contributed by atoms with van der Waals surface area (Å²) in [6, 6.07) is 9.35. The van der Waals surface area contributed by atoms with Gasteiger partial charge in [-0.3, -0.25) is 4.79 Å². The number of hydrogen-bond acceptors (Lipinski definition) is 5. The van der Waals surface area contributed by atoms with Crippen LogP contribution in [0.4, 0.5) is 5.69 Å². The zero-order valence-corrected chi connectivity index (χ0v) is 14.9. The molecule has 2 aromatic rings. The number of rotatable bonds is 5. The molecule has 7 nitrogen and oxygen atoms in total. The molecule has 2 rings (SSSR count). The molecule has 0 spiro atoms. The van der Waals surface area contributed by atoms with E-state index in [1.165, 1.54) is 56.6 Å². The second-order valence-corrected chi connectivity index (χ2v) is 7.78. The molecular formula is C16H14ClN2O5S-. The van der Waals surface area contributed by atoms with Crippen LogP contribution in [-0.4, -0.2) is 38.7 Å². The maximum atomic E-state index is 12.4. The molecule has 0 aliphatic carbocycles. The zero-order valence-electron chi connectivity index (χ0n) is 13.3. The third-order valence-electron chi connectivity index (χ3n) is 3.36. The molecule has 0 saturated carbocycles. The Morgan fingerprint density at radius 3 is 2.24 bits per heavy atom. The summed E-state index contributed by atoms with van der Waals surface area (Å²) >= 11 is 6.01. The summed E-state index contributed by atoms with van der Waals surface area (Å²) in [6.45, 7) is 0. The molecule has 0 aromatic heterocycles. The highest BCUT2D eigenvalue weighted by Gasteiger charge is 2.20. The summed E-state index contributed by atoms with van der Waals surface area (Å²) in [5.41, 5.74) is -0.365. The van der Waals surface area contributed by atoms with Gasteiger partial charge in [0.1, 0.15) is 0 Å². The van der Waals surface area contributed by atoms with Gasteiger partial charge in [-0.25, -0.2) is 12.7 Å². The maximum Gasteiger partial charge on any atom is 0.256 e. The Hall–Kier alpha value is -2.42. The average Bonchev–Trinajstić information content (AvgIpc) is 2.56. The summed E-state index contributed by atoms with van der Waals surface area (Å²) in [6.07, 6.45) is 0. The Bertz CT molecular complexity index is 941. The van der Waals surface area contributed by atoms with Crippen molar-refractivity contribution in [1.82, 2.24) is 4.31 Å². The first-order valence-corrected chi connectivity index (χ1v) is 8.80. The molecular weight excluding hydrogens is 368 g/mol. The van der Waals surface area contributed by atoms with Gasteiger partial charge in [-0.2, -0.15) is 0 Å². The van der Waals surface area contributed by atoms with Crippen molar-refractivity contribution in [3.8, 4) is 0 Å². The molecule has 0 saturated heterocycles. The van der Waals surface area contributed by atoms with Crippen molar-refractivity contribution in [1.29, 1.82) is 0 Å². The number of carboxylic acids is 1. The number of nitrogens with one attached hydrogen (secondary N) is 1. The van der Waals surface area contributed by atoms with E-state index in [2.05, 4.69) is 5.32 Å². The lowest BCUT2D eigenvalue weighted by Crippen LogP contribution is -2.26. The lowest BCUT2D eigenvalue weighted by atomic mass is 10.1. The van der Waals surface area contributed by atoms with E-state index in [0.29, 0.717) is 0 Å². The van der Waals surface area contributed by atoms with Gasteiger partial charge < -0.3 is 15.2 Å². The largest absolute Gasteiger partial charge is 0.545 e. The van der Waals surface area contributed by atoms with E-state index in [0.717, 1.165) is 4.31 Å². The Labute approximate surface area is 149 Å². The number of anilines is 1. The van der Waals surface area contributed by atoms with E-state index in [9.17, 15) is 23.1 Å². The van der Waals surface area contributed by atoms with Crippen LogP contribution in [0.1, 0.15) is 20.7 Å². The Kier molecular flexibility index (Phi) is 5.46. The number of carbonyl (C=O) groups is 2. The van der Waals surface area contributed by atoms with Crippen molar-refractivity contribution in [2.24, 2.45) is 0 Å². The van der Waals surface area contributed by atoms with Gasteiger partial charge in [0.25, 0.3) is 5.91 Å². The number of nitrogens with zero attached hydrogens (tertiary/aromatic N) is 1. The van der Waals surface area contributed by atoms with E-state index in [-0.39, 0.29) is 26.7 Å². The molecule has 0 radical (unpaired) electrons. The third kappa shape index (κ3) is 3.98. The molecule has 0 aliphatic rings. The first-order chi connectivity index (χ1) is 11.6. The van der Waals surface area contributed by atoms with Gasteiger partial charge in [0.05, 0.1) is 21.6 Å². The number of amides is 1. The first-order valence-electron chi connectivity index (χ1n) is 6.98. The van der Waals surface area contributed by atoms with E-state index < -0.39 is 21.9 Å². The standard InChI is InChI=1S/C16H15ClN2O5S/c1-19(2)25(23,24)10-7-8-13(17)14(9-10)18-15(20)11-5-3-4-6-12(11)16(21)22/h3-9H,1-2H3,(H,18,20)(H,21,22)/p-1. The predicted molar refractivity (Wildman–Crippen MR) is 91.1 cm³/mol. The van der Waals surface area contributed by atoms with Gasteiger partial charge >= 0.3 is 0 Å². The second kappa shape index (κ2) is 7.22. The smallest absolute Gasteiger partial charge is 0.256 e. The van der Waals surface area contributed by atoms with Gasteiger partial charge in [-0.05, 0) is 24.3 Å². The fraction of sp³-hybridized carbons (Fsp3) is 0.125. The summed E-state index contributed by atoms with van der Waals surface area (Å²) in [5.74, 6) is -2.25. The fourth-order valence-corrected chi connectivity index (χ4v) is 3.11. The third-order valence-corrected chi connectivity index (χ3v) is 5.50. The van der Waals surface area contributed by atoms with Crippen LogP contribution in [0.15, 0.2) is 47.4 Å². The molecule has 0 bridgehead atoms. The molecule has 0 unspecified atom stereocenters. The summed E-state index contributed by atoms with van der Waals surface area (Å²) in [5, 5.41) is 13.6. The number of aromatic carboxylic acids is 1. The molecule has 0 atom stereocenters. The van der Waals surface area contributed by atoms with Gasteiger partial charge in [-0.1, -0.05) is 29.8 Å². The minimum atomic E-state index is -3.72. The van der Waals surface area contributed by atoms with Gasteiger partial charge in [0.2, 0.25) is 10.0 Å². The Morgan fingerprint density at radius 1 is 1.08 bits per heavy atom. The monoisotopic (exact) mass is 381 g/mol. The molecule has 9 heteroatoms. The average molecular weight is 382 g/mol. The quantitative estimate of drug-likeness (QED) is 0.837. The molecule has 0 aliphatic heterocycles. The number of benzene rings is 2.